The number of rotatable bonds is 5. The van der Waals surface area contributed by atoms with E-state index in [-0.39, 0.29) is 17.2 Å². The second kappa shape index (κ2) is 6.91. The number of halogens is 2. The van der Waals surface area contributed by atoms with E-state index in [1.807, 2.05) is 0 Å². The fourth-order valence-electron chi connectivity index (χ4n) is 1.21. The van der Waals surface area contributed by atoms with E-state index in [1.54, 1.807) is 12.2 Å². The molecule has 0 fully saturated rings. The number of ether oxygens (including phenoxy) is 1. The third kappa shape index (κ3) is 4.07. The fraction of sp³-hybridized carbons (Fsp3) is 0.250. The van der Waals surface area contributed by atoms with Crippen molar-refractivity contribution in [2.45, 2.75) is 0 Å². The van der Waals surface area contributed by atoms with Crippen LogP contribution in [0, 0.1) is 5.82 Å². The van der Waals surface area contributed by atoms with Crippen LogP contribution >= 0.6 is 11.6 Å². The summed E-state index contributed by atoms with van der Waals surface area (Å²) in [5.74, 6) is -0.390. The summed E-state index contributed by atoms with van der Waals surface area (Å²) in [7, 11) is 1.37. The van der Waals surface area contributed by atoms with Crippen LogP contribution in [-0.2, 0) is 0 Å². The van der Waals surface area contributed by atoms with Crippen LogP contribution < -0.4 is 10.1 Å². The number of allylic oxidation sites excluding steroid dienone is 1. The van der Waals surface area contributed by atoms with Gasteiger partial charge in [-0.25, -0.2) is 4.39 Å². The lowest BCUT2D eigenvalue weighted by molar-refractivity contribution is 0.0957. The zero-order chi connectivity index (χ0) is 12.7. The van der Waals surface area contributed by atoms with Gasteiger partial charge in [0, 0.05) is 18.0 Å². The molecule has 0 aliphatic rings. The monoisotopic (exact) mass is 257 g/mol. The third-order valence-corrected chi connectivity index (χ3v) is 2.23. The molecule has 0 saturated carbocycles. The van der Waals surface area contributed by atoms with Crippen LogP contribution in [0.5, 0.6) is 5.75 Å². The first-order valence-corrected chi connectivity index (χ1v) is 5.55. The van der Waals surface area contributed by atoms with Crippen LogP contribution in [-0.4, -0.2) is 25.4 Å². The molecule has 92 valence electrons. The molecular formula is C12H13ClFNO2. The second-order valence-electron chi connectivity index (χ2n) is 3.19. The van der Waals surface area contributed by atoms with Crippen molar-refractivity contribution in [3.8, 4) is 5.75 Å². The molecule has 0 atom stereocenters. The van der Waals surface area contributed by atoms with Crippen LogP contribution in [0.4, 0.5) is 4.39 Å². The average molecular weight is 258 g/mol. The predicted octanol–water partition coefficient (Wildman–Crippen LogP) is 2.36. The van der Waals surface area contributed by atoms with Crippen molar-refractivity contribution in [1.29, 1.82) is 0 Å². The molecular weight excluding hydrogens is 245 g/mol. The van der Waals surface area contributed by atoms with Gasteiger partial charge in [0.05, 0.1) is 7.11 Å². The number of benzene rings is 1. The molecule has 0 spiro atoms. The maximum Gasteiger partial charge on any atom is 0.251 e. The van der Waals surface area contributed by atoms with Crippen molar-refractivity contribution >= 4 is 17.5 Å². The van der Waals surface area contributed by atoms with Gasteiger partial charge in [0.15, 0.2) is 11.6 Å². The Morgan fingerprint density at radius 1 is 1.53 bits per heavy atom. The van der Waals surface area contributed by atoms with Crippen molar-refractivity contribution in [1.82, 2.24) is 5.32 Å². The lowest BCUT2D eigenvalue weighted by atomic mass is 10.2. The van der Waals surface area contributed by atoms with Gasteiger partial charge in [0.25, 0.3) is 5.91 Å². The summed E-state index contributed by atoms with van der Waals surface area (Å²) in [6.45, 7) is 0.360. The molecule has 1 aromatic rings. The van der Waals surface area contributed by atoms with E-state index in [1.165, 1.54) is 19.2 Å². The predicted molar refractivity (Wildman–Crippen MR) is 65.1 cm³/mol. The number of amides is 1. The van der Waals surface area contributed by atoms with Gasteiger partial charge in [0.2, 0.25) is 0 Å². The Bertz CT molecular complexity index is 421. The van der Waals surface area contributed by atoms with Gasteiger partial charge in [-0.15, -0.1) is 11.6 Å². The first-order chi connectivity index (χ1) is 8.19. The molecule has 0 unspecified atom stereocenters. The topological polar surface area (TPSA) is 38.3 Å². The Morgan fingerprint density at radius 3 is 2.88 bits per heavy atom. The highest BCUT2D eigenvalue weighted by Gasteiger charge is 2.08. The summed E-state index contributed by atoms with van der Waals surface area (Å²) in [6, 6.07) is 4.06. The van der Waals surface area contributed by atoms with Crippen LogP contribution in [0.2, 0.25) is 0 Å². The van der Waals surface area contributed by atoms with E-state index in [4.69, 9.17) is 16.3 Å². The standard InChI is InChI=1S/C12H13ClFNO2/c1-17-11-5-4-9(8-10(11)14)12(16)15-7-3-2-6-13/h2-5,8H,6-7H2,1H3,(H,15,16)/b3-2+. The molecule has 1 amide bonds. The van der Waals surface area contributed by atoms with E-state index in [0.29, 0.717) is 12.4 Å². The number of alkyl halides is 1. The maximum atomic E-state index is 13.3. The SMILES string of the molecule is COc1ccc(C(=O)NC/C=C/CCl)cc1F. The molecule has 0 aliphatic heterocycles. The van der Waals surface area contributed by atoms with Gasteiger partial charge in [-0.2, -0.15) is 0 Å². The number of carbonyl (C=O) groups excluding carboxylic acids is 1. The Balaban J connectivity index is 2.63. The lowest BCUT2D eigenvalue weighted by Crippen LogP contribution is -2.23. The van der Waals surface area contributed by atoms with E-state index in [9.17, 15) is 9.18 Å². The van der Waals surface area contributed by atoms with Gasteiger partial charge >= 0.3 is 0 Å². The molecule has 5 heteroatoms. The normalized spacial score (nSPS) is 10.5. The summed E-state index contributed by atoms with van der Waals surface area (Å²) in [5, 5.41) is 2.61. The highest BCUT2D eigenvalue weighted by atomic mass is 35.5. The smallest absolute Gasteiger partial charge is 0.251 e. The highest BCUT2D eigenvalue weighted by molar-refractivity contribution is 6.18. The number of nitrogens with one attached hydrogen (secondary N) is 1. The summed E-state index contributed by atoms with van der Waals surface area (Å²) >= 11 is 5.43. The van der Waals surface area contributed by atoms with Crippen molar-refractivity contribution in [3.05, 3.63) is 41.7 Å². The Labute approximate surface area is 104 Å². The maximum absolute atomic E-state index is 13.3. The summed E-state index contributed by atoms with van der Waals surface area (Å²) in [5.41, 5.74) is 0.252. The Kier molecular flexibility index (Phi) is 5.49. The van der Waals surface area contributed by atoms with Crippen LogP contribution in [0.3, 0.4) is 0 Å². The minimum atomic E-state index is -0.559. The molecule has 0 bridgehead atoms. The molecule has 17 heavy (non-hydrogen) atoms. The van der Waals surface area contributed by atoms with E-state index in [2.05, 4.69) is 5.32 Å². The van der Waals surface area contributed by atoms with Gasteiger partial charge in [-0.05, 0) is 18.2 Å². The molecule has 0 saturated heterocycles. The highest BCUT2D eigenvalue weighted by Crippen LogP contribution is 2.17. The molecule has 1 rings (SSSR count). The second-order valence-corrected chi connectivity index (χ2v) is 3.49. The summed E-state index contributed by atoms with van der Waals surface area (Å²) < 4.78 is 18.1. The first-order valence-electron chi connectivity index (χ1n) is 5.01. The van der Waals surface area contributed by atoms with Gasteiger partial charge in [-0.3, -0.25) is 4.79 Å². The molecule has 0 heterocycles. The van der Waals surface area contributed by atoms with Crippen molar-refractivity contribution in [3.63, 3.8) is 0 Å². The average Bonchev–Trinajstić information content (AvgIpc) is 2.34. The number of methoxy groups -OCH3 is 1. The number of hydrogen-bond acceptors (Lipinski definition) is 2. The number of hydrogen-bond donors (Lipinski definition) is 1. The van der Waals surface area contributed by atoms with Crippen LogP contribution in [0.25, 0.3) is 0 Å². The molecule has 1 N–H and O–H groups in total. The summed E-state index contributed by atoms with van der Waals surface area (Å²) in [4.78, 5) is 11.6. The van der Waals surface area contributed by atoms with Gasteiger partial charge in [0.1, 0.15) is 0 Å². The van der Waals surface area contributed by atoms with E-state index < -0.39 is 5.82 Å². The molecule has 0 aromatic heterocycles. The Hall–Kier alpha value is -1.55. The van der Waals surface area contributed by atoms with Crippen molar-refractivity contribution < 1.29 is 13.9 Å². The molecule has 1 aromatic carbocycles. The largest absolute Gasteiger partial charge is 0.494 e. The zero-order valence-electron chi connectivity index (χ0n) is 9.37. The fourth-order valence-corrected chi connectivity index (χ4v) is 1.33. The van der Waals surface area contributed by atoms with Crippen molar-refractivity contribution in [2.75, 3.05) is 19.5 Å². The first kappa shape index (κ1) is 13.5. The Morgan fingerprint density at radius 2 is 2.29 bits per heavy atom. The quantitative estimate of drug-likeness (QED) is 0.650. The minimum Gasteiger partial charge on any atom is -0.494 e. The number of carbonyl (C=O) groups is 1. The van der Waals surface area contributed by atoms with Gasteiger partial charge in [-0.1, -0.05) is 12.2 Å². The van der Waals surface area contributed by atoms with E-state index >= 15 is 0 Å². The van der Waals surface area contributed by atoms with Crippen LogP contribution in [0.15, 0.2) is 30.4 Å². The van der Waals surface area contributed by atoms with Crippen molar-refractivity contribution in [2.24, 2.45) is 0 Å². The minimum absolute atomic E-state index is 0.114. The molecule has 0 aliphatic carbocycles. The lowest BCUT2D eigenvalue weighted by Gasteiger charge is -2.05. The van der Waals surface area contributed by atoms with Crippen LogP contribution in [0.1, 0.15) is 10.4 Å². The summed E-state index contributed by atoms with van der Waals surface area (Å²) in [6.07, 6.45) is 3.45. The molecule has 3 nitrogen and oxygen atoms in total. The molecule has 0 radical (unpaired) electrons. The van der Waals surface area contributed by atoms with Gasteiger partial charge < -0.3 is 10.1 Å². The van der Waals surface area contributed by atoms with E-state index in [0.717, 1.165) is 6.07 Å². The third-order valence-electron chi connectivity index (χ3n) is 2.05. The zero-order valence-corrected chi connectivity index (χ0v) is 10.1.